The van der Waals surface area contributed by atoms with Crippen molar-refractivity contribution in [2.24, 2.45) is 0 Å². The molecular formula is C22H31NO3. The smallest absolute Gasteiger partial charge is 0.306 e. The van der Waals surface area contributed by atoms with Gasteiger partial charge in [0.25, 0.3) is 0 Å². The Balaban J connectivity index is 2.38. The summed E-state index contributed by atoms with van der Waals surface area (Å²) < 4.78 is 4.57. The zero-order valence-corrected chi connectivity index (χ0v) is 16.0. The number of hydrogen-bond acceptors (Lipinski definition) is 4. The highest BCUT2D eigenvalue weighted by molar-refractivity contribution is 5.69. The van der Waals surface area contributed by atoms with Crippen molar-refractivity contribution >= 4 is 12.0 Å². The number of hydrogen-bond donors (Lipinski definition) is 1. The maximum Gasteiger partial charge on any atom is 0.306 e. The van der Waals surface area contributed by atoms with Crippen LogP contribution in [0.15, 0.2) is 24.3 Å². The number of carbonyl (C=O) groups excluding carboxylic acids is 1. The molecule has 1 rings (SSSR count). The molecule has 1 heterocycles. The summed E-state index contributed by atoms with van der Waals surface area (Å²) in [7, 11) is 1.37. The van der Waals surface area contributed by atoms with E-state index in [1.165, 1.54) is 39.2 Å². The third kappa shape index (κ3) is 10.7. The third-order valence-corrected chi connectivity index (χ3v) is 4.01. The highest BCUT2D eigenvalue weighted by Crippen LogP contribution is 2.10. The van der Waals surface area contributed by atoms with Crippen LogP contribution < -0.4 is 0 Å². The van der Waals surface area contributed by atoms with Crippen LogP contribution in [0.1, 0.15) is 76.1 Å². The zero-order chi connectivity index (χ0) is 19.0. The Morgan fingerprint density at radius 3 is 2.81 bits per heavy atom. The van der Waals surface area contributed by atoms with E-state index >= 15 is 0 Å². The van der Waals surface area contributed by atoms with Crippen LogP contribution in [0, 0.1) is 11.8 Å². The Bertz CT molecular complexity index is 613. The minimum absolute atomic E-state index is 0.261. The number of pyridine rings is 1. The van der Waals surface area contributed by atoms with Crippen LogP contribution in [0.25, 0.3) is 6.08 Å². The van der Waals surface area contributed by atoms with Gasteiger partial charge in [0.05, 0.1) is 25.3 Å². The summed E-state index contributed by atoms with van der Waals surface area (Å²) in [4.78, 5) is 15.5. The molecule has 4 nitrogen and oxygen atoms in total. The Morgan fingerprint density at radius 1 is 1.27 bits per heavy atom. The Kier molecular flexibility index (Phi) is 11.9. The summed E-state index contributed by atoms with van der Waals surface area (Å²) in [6.45, 7) is 2.21. The van der Waals surface area contributed by atoms with Gasteiger partial charge in [-0.25, -0.2) is 4.98 Å². The Hall–Kier alpha value is -2.12. The fourth-order valence-electron chi connectivity index (χ4n) is 2.47. The van der Waals surface area contributed by atoms with Crippen LogP contribution >= 0.6 is 0 Å². The fraction of sp³-hybridized carbons (Fsp3) is 0.545. The number of carbonyl (C=O) groups is 1. The molecule has 142 valence electrons. The SMILES string of the molecule is CCCCCCCCC(O)C=Cc1cccc(C#CCCC(=O)OC)n1. The van der Waals surface area contributed by atoms with Crippen molar-refractivity contribution in [2.75, 3.05) is 7.11 Å². The van der Waals surface area contributed by atoms with Crippen LogP contribution in [-0.2, 0) is 9.53 Å². The lowest BCUT2D eigenvalue weighted by Crippen LogP contribution is -2.01. The first-order valence-corrected chi connectivity index (χ1v) is 9.54. The maximum atomic E-state index is 11.0. The minimum Gasteiger partial charge on any atom is -0.469 e. The second-order valence-electron chi connectivity index (χ2n) is 6.31. The number of nitrogens with zero attached hydrogens (tertiary/aromatic N) is 1. The normalized spacial score (nSPS) is 11.8. The summed E-state index contributed by atoms with van der Waals surface area (Å²) in [5.41, 5.74) is 1.43. The van der Waals surface area contributed by atoms with Crippen LogP contribution in [0.5, 0.6) is 0 Å². The van der Waals surface area contributed by atoms with Gasteiger partial charge in [0.15, 0.2) is 0 Å². The topological polar surface area (TPSA) is 59.4 Å². The number of rotatable bonds is 11. The average Bonchev–Trinajstić information content (AvgIpc) is 2.66. The van der Waals surface area contributed by atoms with E-state index in [2.05, 4.69) is 28.5 Å². The molecule has 1 N–H and O–H groups in total. The lowest BCUT2D eigenvalue weighted by Gasteiger charge is -2.05. The van der Waals surface area contributed by atoms with Crippen LogP contribution in [0.4, 0.5) is 0 Å². The molecule has 0 spiro atoms. The fourth-order valence-corrected chi connectivity index (χ4v) is 2.47. The van der Waals surface area contributed by atoms with Crippen molar-refractivity contribution in [2.45, 2.75) is 70.8 Å². The van der Waals surface area contributed by atoms with Gasteiger partial charge in [-0.1, -0.05) is 63.5 Å². The van der Waals surface area contributed by atoms with E-state index in [0.717, 1.165) is 18.5 Å². The summed E-state index contributed by atoms with van der Waals surface area (Å²) in [6, 6.07) is 5.60. The molecule has 0 saturated heterocycles. The minimum atomic E-state index is -0.433. The van der Waals surface area contributed by atoms with Crippen molar-refractivity contribution < 1.29 is 14.6 Å². The van der Waals surface area contributed by atoms with E-state index in [0.29, 0.717) is 12.1 Å². The highest BCUT2D eigenvalue weighted by atomic mass is 16.5. The monoisotopic (exact) mass is 357 g/mol. The lowest BCUT2D eigenvalue weighted by molar-refractivity contribution is -0.140. The molecule has 0 saturated carbocycles. The molecule has 26 heavy (non-hydrogen) atoms. The standard InChI is InChI=1S/C22H31NO3/c1-3-4-5-6-7-8-15-21(24)18-17-20-14-11-13-19(23-20)12-9-10-16-22(25)26-2/h11,13-14,17-18,21,24H,3-8,10,15-16H2,1-2H3. The van der Waals surface area contributed by atoms with Crippen molar-refractivity contribution in [3.63, 3.8) is 0 Å². The molecule has 0 amide bonds. The molecule has 1 atom stereocenters. The van der Waals surface area contributed by atoms with Crippen molar-refractivity contribution in [1.82, 2.24) is 4.98 Å². The quantitative estimate of drug-likeness (QED) is 0.360. The molecule has 0 fully saturated rings. The summed E-state index contributed by atoms with van der Waals surface area (Å²) in [6.07, 6.45) is 12.1. The molecule has 0 aliphatic carbocycles. The van der Waals surface area contributed by atoms with E-state index in [4.69, 9.17) is 0 Å². The van der Waals surface area contributed by atoms with Gasteiger partial charge in [-0.3, -0.25) is 4.79 Å². The summed E-state index contributed by atoms with van der Waals surface area (Å²) in [5.74, 6) is 5.61. The number of esters is 1. The van der Waals surface area contributed by atoms with Gasteiger partial charge in [-0.05, 0) is 30.6 Å². The third-order valence-electron chi connectivity index (χ3n) is 4.01. The zero-order valence-electron chi connectivity index (χ0n) is 16.0. The Morgan fingerprint density at radius 2 is 2.04 bits per heavy atom. The van der Waals surface area contributed by atoms with Crippen molar-refractivity contribution in [1.29, 1.82) is 0 Å². The van der Waals surface area contributed by atoms with Gasteiger partial charge < -0.3 is 9.84 Å². The van der Waals surface area contributed by atoms with Gasteiger partial charge in [-0.15, -0.1) is 0 Å². The van der Waals surface area contributed by atoms with E-state index < -0.39 is 6.10 Å². The maximum absolute atomic E-state index is 11.0. The molecular weight excluding hydrogens is 326 g/mol. The number of aliphatic hydroxyl groups is 1. The molecule has 4 heteroatoms. The predicted molar refractivity (Wildman–Crippen MR) is 105 cm³/mol. The van der Waals surface area contributed by atoms with E-state index in [1.54, 1.807) is 6.08 Å². The van der Waals surface area contributed by atoms with Crippen molar-refractivity contribution in [3.8, 4) is 11.8 Å². The average molecular weight is 357 g/mol. The van der Waals surface area contributed by atoms with Gasteiger partial charge in [0.1, 0.15) is 5.69 Å². The highest BCUT2D eigenvalue weighted by Gasteiger charge is 2.00. The first-order valence-electron chi connectivity index (χ1n) is 9.54. The molecule has 0 radical (unpaired) electrons. The van der Waals surface area contributed by atoms with E-state index in [-0.39, 0.29) is 12.4 Å². The van der Waals surface area contributed by atoms with E-state index in [9.17, 15) is 9.90 Å². The molecule has 1 aromatic rings. The van der Waals surface area contributed by atoms with Crippen LogP contribution in [0.2, 0.25) is 0 Å². The van der Waals surface area contributed by atoms with Crippen molar-refractivity contribution in [3.05, 3.63) is 35.7 Å². The van der Waals surface area contributed by atoms with Gasteiger partial charge >= 0.3 is 5.97 Å². The molecule has 1 unspecified atom stereocenters. The summed E-state index contributed by atoms with van der Waals surface area (Å²) in [5, 5.41) is 10.0. The first-order chi connectivity index (χ1) is 12.7. The van der Waals surface area contributed by atoms with Gasteiger partial charge in [-0.2, -0.15) is 0 Å². The summed E-state index contributed by atoms with van der Waals surface area (Å²) >= 11 is 0. The van der Waals surface area contributed by atoms with Crippen LogP contribution in [0.3, 0.4) is 0 Å². The molecule has 0 aliphatic rings. The number of aliphatic hydroxyl groups excluding tert-OH is 1. The number of aromatic nitrogens is 1. The predicted octanol–water partition coefficient (Wildman–Crippen LogP) is 4.51. The molecule has 0 aromatic carbocycles. The molecule has 1 aromatic heterocycles. The lowest BCUT2D eigenvalue weighted by atomic mass is 10.1. The Labute approximate surface area is 157 Å². The first kappa shape index (κ1) is 21.9. The number of ether oxygens (including phenoxy) is 1. The molecule has 0 bridgehead atoms. The van der Waals surface area contributed by atoms with Gasteiger partial charge in [0, 0.05) is 6.42 Å². The number of methoxy groups -OCH3 is 1. The largest absolute Gasteiger partial charge is 0.469 e. The van der Waals surface area contributed by atoms with E-state index in [1.807, 2.05) is 24.3 Å². The number of unbranched alkanes of at least 4 members (excludes halogenated alkanes) is 5. The second-order valence-corrected chi connectivity index (χ2v) is 6.31. The second kappa shape index (κ2) is 14.1. The van der Waals surface area contributed by atoms with Gasteiger partial charge in [0.2, 0.25) is 0 Å². The molecule has 0 aliphatic heterocycles. The van der Waals surface area contributed by atoms with Crippen LogP contribution in [-0.4, -0.2) is 29.3 Å².